The van der Waals surface area contributed by atoms with Crippen molar-refractivity contribution in [3.05, 3.63) is 72.8 Å². The van der Waals surface area contributed by atoms with E-state index in [2.05, 4.69) is 25.9 Å². The van der Waals surface area contributed by atoms with Crippen LogP contribution in [-0.2, 0) is 21.9 Å². The predicted octanol–water partition coefficient (Wildman–Crippen LogP) is 6.97. The number of hydrogen-bond acceptors (Lipinski definition) is 7. The van der Waals surface area contributed by atoms with Crippen LogP contribution in [0, 0.1) is 5.82 Å². The minimum absolute atomic E-state index is 0.0882. The molecule has 0 spiro atoms. The second-order valence-electron chi connectivity index (χ2n) is 8.70. The van der Waals surface area contributed by atoms with Crippen molar-refractivity contribution in [1.82, 2.24) is 14.5 Å². The third kappa shape index (κ3) is 7.66. The first-order valence-corrected chi connectivity index (χ1v) is 13.6. The highest BCUT2D eigenvalue weighted by atomic mass is 79.9. The van der Waals surface area contributed by atoms with Crippen LogP contribution in [0.25, 0.3) is 0 Å². The standard InChI is InChI=1S/C25H21BrCl2F5N3O5/c26-15-7-13(27)8-17(20(15)29)41-21-22(25(32,33)24(30)31)35-12-36(23(21)37)11-14-9-16(28)18(10-34-14)38-5-6-40-19-3-1-2-4-39-19/h7-10,12,19,24H,1-6,11H2. The van der Waals surface area contributed by atoms with E-state index in [0.717, 1.165) is 36.0 Å². The first kappa shape index (κ1) is 31.4. The maximum absolute atomic E-state index is 14.6. The zero-order chi connectivity index (χ0) is 29.7. The number of benzene rings is 1. The molecule has 0 saturated carbocycles. The molecule has 8 nitrogen and oxygen atoms in total. The molecule has 1 unspecified atom stereocenters. The lowest BCUT2D eigenvalue weighted by Gasteiger charge is -2.22. The van der Waals surface area contributed by atoms with E-state index < -0.39 is 40.9 Å². The van der Waals surface area contributed by atoms with E-state index >= 15 is 0 Å². The summed E-state index contributed by atoms with van der Waals surface area (Å²) in [4.78, 5) is 20.6. The van der Waals surface area contributed by atoms with Crippen molar-refractivity contribution in [1.29, 1.82) is 0 Å². The van der Waals surface area contributed by atoms with Gasteiger partial charge in [-0.1, -0.05) is 23.2 Å². The van der Waals surface area contributed by atoms with Gasteiger partial charge < -0.3 is 18.9 Å². The van der Waals surface area contributed by atoms with Crippen LogP contribution in [0.15, 0.2) is 40.0 Å². The Morgan fingerprint density at radius 1 is 1.15 bits per heavy atom. The summed E-state index contributed by atoms with van der Waals surface area (Å²) in [6.07, 6.45) is 0.181. The molecule has 3 aromatic rings. The van der Waals surface area contributed by atoms with E-state index in [9.17, 15) is 26.7 Å². The van der Waals surface area contributed by atoms with Gasteiger partial charge in [-0.2, -0.15) is 8.78 Å². The van der Waals surface area contributed by atoms with Gasteiger partial charge in [-0.3, -0.25) is 14.3 Å². The molecule has 1 aromatic carbocycles. The van der Waals surface area contributed by atoms with Crippen LogP contribution in [0.3, 0.4) is 0 Å². The average Bonchev–Trinajstić information content (AvgIpc) is 2.93. The van der Waals surface area contributed by atoms with Crippen LogP contribution in [-0.4, -0.2) is 47.1 Å². The lowest BCUT2D eigenvalue weighted by Crippen LogP contribution is -2.32. The minimum Gasteiger partial charge on any atom is -0.488 e. The van der Waals surface area contributed by atoms with Gasteiger partial charge in [-0.05, 0) is 47.3 Å². The van der Waals surface area contributed by atoms with Crippen LogP contribution in [0.4, 0.5) is 22.0 Å². The summed E-state index contributed by atoms with van der Waals surface area (Å²) < 4.78 is 91.9. The summed E-state index contributed by atoms with van der Waals surface area (Å²) in [5, 5.41) is 0.0304. The van der Waals surface area contributed by atoms with Gasteiger partial charge >= 0.3 is 12.3 Å². The second-order valence-corrected chi connectivity index (χ2v) is 10.4. The first-order chi connectivity index (χ1) is 19.5. The van der Waals surface area contributed by atoms with Gasteiger partial charge in [0.1, 0.15) is 6.61 Å². The highest BCUT2D eigenvalue weighted by Crippen LogP contribution is 2.40. The maximum atomic E-state index is 14.6. The molecule has 0 bridgehead atoms. The zero-order valence-corrected chi connectivity index (χ0v) is 24.0. The van der Waals surface area contributed by atoms with Crippen LogP contribution in [0.5, 0.6) is 17.2 Å². The monoisotopic (exact) mass is 687 g/mol. The van der Waals surface area contributed by atoms with E-state index in [1.54, 1.807) is 0 Å². The van der Waals surface area contributed by atoms with Gasteiger partial charge in [0.15, 0.2) is 29.3 Å². The number of aromatic nitrogens is 3. The summed E-state index contributed by atoms with van der Waals surface area (Å²) in [6, 6.07) is 3.38. The fraction of sp³-hybridized carbons (Fsp3) is 0.400. The molecule has 4 rings (SSSR count). The lowest BCUT2D eigenvalue weighted by molar-refractivity contribution is -0.165. The van der Waals surface area contributed by atoms with Crippen LogP contribution < -0.4 is 15.0 Å². The molecule has 1 atom stereocenters. The zero-order valence-electron chi connectivity index (χ0n) is 20.9. The van der Waals surface area contributed by atoms with E-state index in [4.69, 9.17) is 42.1 Å². The molecular formula is C25H21BrCl2F5N3O5. The number of halogens is 8. The molecule has 41 heavy (non-hydrogen) atoms. The molecule has 3 heterocycles. The molecule has 222 valence electrons. The third-order valence-electron chi connectivity index (χ3n) is 5.75. The Labute approximate surface area is 248 Å². The van der Waals surface area contributed by atoms with Crippen LogP contribution >= 0.6 is 39.1 Å². The fourth-order valence-corrected chi connectivity index (χ4v) is 4.74. The summed E-state index contributed by atoms with van der Waals surface area (Å²) in [7, 11) is 0. The summed E-state index contributed by atoms with van der Waals surface area (Å²) in [5.74, 6) is -7.89. The summed E-state index contributed by atoms with van der Waals surface area (Å²) in [6.45, 7) is 0.654. The molecule has 16 heteroatoms. The van der Waals surface area contributed by atoms with Gasteiger partial charge in [-0.25, -0.2) is 18.2 Å². The third-order valence-corrected chi connectivity index (χ3v) is 6.84. The highest BCUT2D eigenvalue weighted by molar-refractivity contribution is 9.10. The largest absolute Gasteiger partial charge is 0.488 e. The van der Waals surface area contributed by atoms with Crippen LogP contribution in [0.1, 0.15) is 30.7 Å². The Kier molecular flexibility index (Phi) is 10.4. The summed E-state index contributed by atoms with van der Waals surface area (Å²) in [5.41, 5.74) is -2.83. The Morgan fingerprint density at radius 2 is 1.93 bits per heavy atom. The van der Waals surface area contributed by atoms with Crippen LogP contribution in [0.2, 0.25) is 10.0 Å². The van der Waals surface area contributed by atoms with Gasteiger partial charge in [0.25, 0.3) is 5.56 Å². The number of ether oxygens (including phenoxy) is 4. The Morgan fingerprint density at radius 3 is 2.61 bits per heavy atom. The van der Waals surface area contributed by atoms with E-state index in [-0.39, 0.29) is 52.0 Å². The SMILES string of the molecule is O=c1c(Oc2cc(Cl)cc(Br)c2F)c(C(F)(F)C(F)F)ncn1Cc1cc(Cl)c(OCCOC2CCCCO2)cn1. The van der Waals surface area contributed by atoms with Crippen molar-refractivity contribution in [3.63, 3.8) is 0 Å². The van der Waals surface area contributed by atoms with Crippen molar-refractivity contribution in [2.45, 2.75) is 44.4 Å². The number of hydrogen-bond donors (Lipinski definition) is 0. The molecule has 0 N–H and O–H groups in total. The molecule has 2 aromatic heterocycles. The lowest BCUT2D eigenvalue weighted by atomic mass is 10.2. The molecule has 1 aliphatic rings. The van der Waals surface area contributed by atoms with Gasteiger partial charge in [0.2, 0.25) is 5.75 Å². The minimum atomic E-state index is -4.90. The van der Waals surface area contributed by atoms with Crippen molar-refractivity contribution in [3.8, 4) is 17.2 Å². The number of alkyl halides is 4. The molecule has 0 radical (unpaired) electrons. The predicted molar refractivity (Wildman–Crippen MR) is 141 cm³/mol. The average molecular weight is 689 g/mol. The smallest absolute Gasteiger partial charge is 0.352 e. The molecular weight excluding hydrogens is 668 g/mol. The van der Waals surface area contributed by atoms with Crippen molar-refractivity contribution in [2.75, 3.05) is 19.8 Å². The van der Waals surface area contributed by atoms with Crippen molar-refractivity contribution < 1.29 is 40.9 Å². The topological polar surface area (TPSA) is 84.7 Å². The number of rotatable bonds is 11. The summed E-state index contributed by atoms with van der Waals surface area (Å²) >= 11 is 15.0. The van der Waals surface area contributed by atoms with Crippen molar-refractivity contribution in [2.24, 2.45) is 0 Å². The molecule has 1 aliphatic heterocycles. The Hall–Kier alpha value is -2.52. The molecule has 0 aliphatic carbocycles. The Balaban J connectivity index is 1.55. The number of pyridine rings is 1. The number of nitrogens with zero attached hydrogens (tertiary/aromatic N) is 3. The van der Waals surface area contributed by atoms with E-state index in [1.165, 1.54) is 12.3 Å². The van der Waals surface area contributed by atoms with E-state index in [0.29, 0.717) is 12.9 Å². The second kappa shape index (κ2) is 13.6. The molecule has 1 fully saturated rings. The van der Waals surface area contributed by atoms with E-state index in [1.807, 2.05) is 0 Å². The Bertz CT molecular complexity index is 1440. The molecule has 1 saturated heterocycles. The van der Waals surface area contributed by atoms with Gasteiger partial charge in [0.05, 0.1) is 40.9 Å². The van der Waals surface area contributed by atoms with Gasteiger partial charge in [0, 0.05) is 17.7 Å². The fourth-order valence-electron chi connectivity index (χ4n) is 3.73. The first-order valence-electron chi connectivity index (χ1n) is 12.1. The highest BCUT2D eigenvalue weighted by Gasteiger charge is 2.48. The normalized spacial score (nSPS) is 15.8. The maximum Gasteiger partial charge on any atom is 0.352 e. The molecule has 0 amide bonds. The van der Waals surface area contributed by atoms with Gasteiger partial charge in [-0.15, -0.1) is 0 Å². The van der Waals surface area contributed by atoms with Crippen molar-refractivity contribution >= 4 is 39.1 Å². The quantitative estimate of drug-likeness (QED) is 0.122.